The summed E-state index contributed by atoms with van der Waals surface area (Å²) in [4.78, 5) is 11.4. The van der Waals surface area contributed by atoms with Crippen LogP contribution in [0.1, 0.15) is 66.7 Å². The first kappa shape index (κ1) is 14.4. The van der Waals surface area contributed by atoms with Gasteiger partial charge in [0.15, 0.2) is 0 Å². The Morgan fingerprint density at radius 1 is 1.25 bits per heavy atom. The molecule has 0 amide bonds. The second-order valence-corrected chi connectivity index (χ2v) is 8.06. The fraction of sp³-hybridized carbons (Fsp3) is 0.941. The highest BCUT2D eigenvalue weighted by atomic mass is 16.6. The van der Waals surface area contributed by atoms with E-state index in [2.05, 4.69) is 27.7 Å². The molecule has 2 saturated heterocycles. The van der Waals surface area contributed by atoms with Gasteiger partial charge in [-0.2, -0.15) is 0 Å². The van der Waals surface area contributed by atoms with E-state index in [1.54, 1.807) is 0 Å². The quantitative estimate of drug-likeness (QED) is 0.723. The van der Waals surface area contributed by atoms with Gasteiger partial charge in [0.1, 0.15) is 11.7 Å². The molecule has 114 valence electrons. The topological polar surface area (TPSA) is 35.5 Å². The molecule has 3 rings (SSSR count). The first-order chi connectivity index (χ1) is 9.22. The van der Waals surface area contributed by atoms with Crippen LogP contribution in [0.4, 0.5) is 0 Å². The van der Waals surface area contributed by atoms with Crippen LogP contribution >= 0.6 is 0 Å². The molecule has 0 aromatic rings. The number of carbonyl (C=O) groups is 1. The molecule has 0 unspecified atom stereocenters. The van der Waals surface area contributed by atoms with E-state index in [1.165, 1.54) is 19.8 Å². The lowest BCUT2D eigenvalue weighted by Crippen LogP contribution is -2.59. The average molecular weight is 280 g/mol. The second kappa shape index (κ2) is 4.22. The molecule has 2 heterocycles. The summed E-state index contributed by atoms with van der Waals surface area (Å²) in [7, 11) is 0. The lowest BCUT2D eigenvalue weighted by atomic mass is 9.66. The lowest BCUT2D eigenvalue weighted by molar-refractivity contribution is -0.252. The van der Waals surface area contributed by atoms with Crippen LogP contribution in [0.25, 0.3) is 0 Å². The van der Waals surface area contributed by atoms with E-state index in [0.717, 1.165) is 19.3 Å². The Labute approximate surface area is 122 Å². The Morgan fingerprint density at radius 3 is 2.55 bits per heavy atom. The van der Waals surface area contributed by atoms with Crippen molar-refractivity contribution in [1.29, 1.82) is 0 Å². The van der Waals surface area contributed by atoms with E-state index >= 15 is 0 Å². The molecule has 2 aliphatic heterocycles. The first-order valence-electron chi connectivity index (χ1n) is 8.10. The van der Waals surface area contributed by atoms with Crippen LogP contribution in [0, 0.1) is 17.3 Å². The van der Waals surface area contributed by atoms with Crippen molar-refractivity contribution < 1.29 is 14.3 Å². The van der Waals surface area contributed by atoms with Gasteiger partial charge >= 0.3 is 5.97 Å². The van der Waals surface area contributed by atoms with Crippen molar-refractivity contribution in [2.45, 2.75) is 84.0 Å². The number of ether oxygens (including phenoxy) is 2. The molecule has 1 saturated carbocycles. The lowest BCUT2D eigenvalue weighted by Gasteiger charge is -2.53. The van der Waals surface area contributed by atoms with Crippen LogP contribution in [-0.4, -0.2) is 23.3 Å². The molecule has 3 heteroatoms. The van der Waals surface area contributed by atoms with Gasteiger partial charge in [-0.1, -0.05) is 20.8 Å². The number of carbonyl (C=O) groups excluding carboxylic acids is 1. The standard InChI is InChI=1S/C17H28O3/c1-11(2)13-6-7-15(4)10-14(19-12(3)18)16(5)8-9-17(13,15)20-16/h11,13-14H,6-10H2,1-5H3/t13-,14-,15-,16-,17-/m1/s1. The third-order valence-corrected chi connectivity index (χ3v) is 6.47. The number of hydrogen-bond donors (Lipinski definition) is 0. The summed E-state index contributed by atoms with van der Waals surface area (Å²) < 4.78 is 12.3. The van der Waals surface area contributed by atoms with E-state index in [-0.39, 0.29) is 28.7 Å². The van der Waals surface area contributed by atoms with Crippen molar-refractivity contribution >= 4 is 5.97 Å². The SMILES string of the molecule is CC(=O)O[C@@H]1C[C@@]2(C)CC[C@H](C(C)C)[C@]23CC[C@@]1(C)O3. The van der Waals surface area contributed by atoms with Crippen LogP contribution in [0.3, 0.4) is 0 Å². The van der Waals surface area contributed by atoms with Crippen molar-refractivity contribution in [3.63, 3.8) is 0 Å². The Morgan fingerprint density at radius 2 is 1.95 bits per heavy atom. The summed E-state index contributed by atoms with van der Waals surface area (Å²) in [6, 6.07) is 0. The van der Waals surface area contributed by atoms with Crippen molar-refractivity contribution in [1.82, 2.24) is 0 Å². The highest BCUT2D eigenvalue weighted by Crippen LogP contribution is 2.67. The molecule has 20 heavy (non-hydrogen) atoms. The molecule has 3 nitrogen and oxygen atoms in total. The van der Waals surface area contributed by atoms with E-state index in [1.807, 2.05) is 0 Å². The zero-order chi connectivity index (χ0) is 14.8. The molecule has 1 aliphatic carbocycles. The van der Waals surface area contributed by atoms with Crippen LogP contribution in [-0.2, 0) is 14.3 Å². The Bertz CT molecular complexity index is 432. The normalized spacial score (nSPS) is 50.3. The minimum absolute atomic E-state index is 0.0204. The van der Waals surface area contributed by atoms with Gasteiger partial charge in [0.05, 0.1) is 5.60 Å². The van der Waals surface area contributed by atoms with E-state index in [9.17, 15) is 4.79 Å². The maximum absolute atomic E-state index is 11.4. The summed E-state index contributed by atoms with van der Waals surface area (Å²) in [6.07, 6.45) is 5.48. The van der Waals surface area contributed by atoms with Crippen molar-refractivity contribution in [3.8, 4) is 0 Å². The van der Waals surface area contributed by atoms with Crippen molar-refractivity contribution in [2.24, 2.45) is 17.3 Å². The van der Waals surface area contributed by atoms with Crippen LogP contribution in [0.5, 0.6) is 0 Å². The van der Waals surface area contributed by atoms with E-state index in [0.29, 0.717) is 11.8 Å². The predicted octanol–water partition coefficient (Wildman–Crippen LogP) is 3.70. The summed E-state index contributed by atoms with van der Waals surface area (Å²) in [6.45, 7) is 10.7. The Balaban J connectivity index is 1.96. The fourth-order valence-corrected chi connectivity index (χ4v) is 5.37. The van der Waals surface area contributed by atoms with Crippen LogP contribution < -0.4 is 0 Å². The number of rotatable bonds is 2. The van der Waals surface area contributed by atoms with Gasteiger partial charge in [-0.3, -0.25) is 4.79 Å². The molecule has 0 N–H and O–H groups in total. The minimum Gasteiger partial charge on any atom is -0.459 e. The molecule has 0 aromatic carbocycles. The third-order valence-electron chi connectivity index (χ3n) is 6.47. The first-order valence-corrected chi connectivity index (χ1v) is 8.10. The minimum atomic E-state index is -0.275. The number of esters is 1. The molecule has 1 spiro atoms. The van der Waals surface area contributed by atoms with Gasteiger partial charge < -0.3 is 9.47 Å². The zero-order valence-corrected chi connectivity index (χ0v) is 13.5. The summed E-state index contributed by atoms with van der Waals surface area (Å²) >= 11 is 0. The molecule has 5 atom stereocenters. The largest absolute Gasteiger partial charge is 0.459 e. The predicted molar refractivity (Wildman–Crippen MR) is 77.3 cm³/mol. The average Bonchev–Trinajstić information content (AvgIpc) is 2.78. The zero-order valence-electron chi connectivity index (χ0n) is 13.5. The van der Waals surface area contributed by atoms with E-state index < -0.39 is 0 Å². The van der Waals surface area contributed by atoms with Crippen molar-refractivity contribution in [3.05, 3.63) is 0 Å². The molecule has 3 aliphatic rings. The summed E-state index contributed by atoms with van der Waals surface area (Å²) in [5.41, 5.74) is -0.0900. The number of hydrogen-bond acceptors (Lipinski definition) is 3. The second-order valence-electron chi connectivity index (χ2n) is 8.06. The fourth-order valence-electron chi connectivity index (χ4n) is 5.37. The summed E-state index contributed by atoms with van der Waals surface area (Å²) in [5, 5.41) is 0. The van der Waals surface area contributed by atoms with Crippen molar-refractivity contribution in [2.75, 3.05) is 0 Å². The van der Waals surface area contributed by atoms with E-state index in [4.69, 9.17) is 9.47 Å². The van der Waals surface area contributed by atoms with Crippen LogP contribution in [0.15, 0.2) is 0 Å². The molecule has 2 bridgehead atoms. The highest BCUT2D eigenvalue weighted by Gasteiger charge is 2.70. The van der Waals surface area contributed by atoms with Gasteiger partial charge in [0.2, 0.25) is 0 Å². The molecular weight excluding hydrogens is 252 g/mol. The van der Waals surface area contributed by atoms with Crippen LogP contribution in [0.2, 0.25) is 0 Å². The molecular formula is C17H28O3. The Hall–Kier alpha value is -0.570. The molecule has 3 fully saturated rings. The maximum Gasteiger partial charge on any atom is 0.303 e. The smallest absolute Gasteiger partial charge is 0.303 e. The van der Waals surface area contributed by atoms with Gasteiger partial charge in [0.25, 0.3) is 0 Å². The molecule has 0 aromatic heterocycles. The Kier molecular flexibility index (Phi) is 3.03. The molecule has 0 radical (unpaired) electrons. The maximum atomic E-state index is 11.4. The third kappa shape index (κ3) is 1.71. The summed E-state index contributed by atoms with van der Waals surface area (Å²) in [5.74, 6) is 1.12. The van der Waals surface area contributed by atoms with Gasteiger partial charge in [-0.05, 0) is 50.9 Å². The van der Waals surface area contributed by atoms with Gasteiger partial charge in [-0.25, -0.2) is 0 Å². The number of fused-ring (bicyclic) bond motifs is 1. The monoisotopic (exact) mass is 280 g/mol. The highest BCUT2D eigenvalue weighted by molar-refractivity contribution is 5.66. The van der Waals surface area contributed by atoms with Gasteiger partial charge in [-0.15, -0.1) is 0 Å². The van der Waals surface area contributed by atoms with Gasteiger partial charge in [0, 0.05) is 12.3 Å².